The Bertz CT molecular complexity index is 1940. The van der Waals surface area contributed by atoms with Crippen molar-refractivity contribution < 1.29 is 38.0 Å². The lowest BCUT2D eigenvalue weighted by Crippen LogP contribution is -2.30. The Morgan fingerprint density at radius 3 is 1.04 bits per heavy atom. The summed E-state index contributed by atoms with van der Waals surface area (Å²) in [6.45, 7) is 19.4. The Balaban J connectivity index is 1.50. The predicted octanol–water partition coefficient (Wildman–Crippen LogP) is 18.6. The van der Waals surface area contributed by atoms with E-state index in [9.17, 15) is 9.59 Å². The summed E-state index contributed by atoms with van der Waals surface area (Å²) in [5.41, 5.74) is 1.71. The summed E-state index contributed by atoms with van der Waals surface area (Å²) in [6, 6.07) is 14.2. The molecular weight excluding hydrogens is 909 g/mol. The highest BCUT2D eigenvalue weighted by Gasteiger charge is 2.23. The predicted molar refractivity (Wildman–Crippen MR) is 307 cm³/mol. The lowest BCUT2D eigenvalue weighted by molar-refractivity contribution is -0.150. The molecule has 0 radical (unpaired) electrons. The van der Waals surface area contributed by atoms with Crippen LogP contribution in [0.15, 0.2) is 66.8 Å². The quantitative estimate of drug-likeness (QED) is 0.0239. The number of unbranched alkanes of at least 4 members (excludes halogenated alkanes) is 30. The van der Waals surface area contributed by atoms with Crippen LogP contribution < -0.4 is 9.47 Å². The highest BCUT2D eigenvalue weighted by molar-refractivity contribution is 6.11. The largest absolute Gasteiger partial charge is 0.488 e. The molecule has 8 heteroatoms. The molecule has 412 valence electrons. The normalized spacial score (nSPS) is 12.3. The smallest absolute Gasteiger partial charge is 0.333 e. The number of fused-ring (bicyclic) bond motifs is 2. The first-order chi connectivity index (χ1) is 35.7. The van der Waals surface area contributed by atoms with Crippen LogP contribution in [-0.2, 0) is 28.5 Å². The molecule has 0 spiro atoms. The van der Waals surface area contributed by atoms with Gasteiger partial charge in [0.1, 0.15) is 24.7 Å². The minimum absolute atomic E-state index is 0.0980. The topological polar surface area (TPSA) is 89.5 Å². The molecule has 0 heterocycles. The van der Waals surface area contributed by atoms with Crippen LogP contribution >= 0.6 is 0 Å². The van der Waals surface area contributed by atoms with Crippen LogP contribution in [0.25, 0.3) is 21.5 Å². The van der Waals surface area contributed by atoms with E-state index in [1.165, 1.54) is 180 Å². The zero-order valence-corrected chi connectivity index (χ0v) is 47.2. The van der Waals surface area contributed by atoms with Gasteiger partial charge in [-0.2, -0.15) is 0 Å². The summed E-state index contributed by atoms with van der Waals surface area (Å²) in [4.78, 5) is 25.6. The molecule has 0 aromatic heterocycles. The van der Waals surface area contributed by atoms with Gasteiger partial charge in [0.05, 0.1) is 13.2 Å². The van der Waals surface area contributed by atoms with E-state index in [1.54, 1.807) is 13.8 Å². The van der Waals surface area contributed by atoms with Gasteiger partial charge >= 0.3 is 11.9 Å². The van der Waals surface area contributed by atoms with Crippen LogP contribution in [0.2, 0.25) is 0 Å². The van der Waals surface area contributed by atoms with Crippen molar-refractivity contribution in [2.24, 2.45) is 0 Å². The highest BCUT2D eigenvalue weighted by atomic mass is 16.6. The van der Waals surface area contributed by atoms with E-state index >= 15 is 0 Å². The van der Waals surface area contributed by atoms with Gasteiger partial charge in [-0.15, -0.1) is 0 Å². The Morgan fingerprint density at radius 2 is 0.712 bits per heavy atom. The minimum Gasteiger partial charge on any atom is -0.488 e. The van der Waals surface area contributed by atoms with Crippen molar-refractivity contribution in [3.8, 4) is 11.5 Å². The lowest BCUT2D eigenvalue weighted by Gasteiger charge is -2.23. The zero-order chi connectivity index (χ0) is 52.6. The molecule has 73 heavy (non-hydrogen) atoms. The summed E-state index contributed by atoms with van der Waals surface area (Å²) < 4.78 is 37.3. The van der Waals surface area contributed by atoms with E-state index in [-0.39, 0.29) is 26.4 Å². The SMILES string of the molecule is C=C(C)C(=O)OC(COCCCCCCCCCCCCCCCCCC)COc1c2ccccc2c(OCC(COCCCCCCCCCCCCCCCCCC)OC(=O)C(=C)C)c2cc(C)ccc12. The first kappa shape index (κ1) is 63.4. The van der Waals surface area contributed by atoms with Gasteiger partial charge < -0.3 is 28.4 Å². The third-order valence-corrected chi connectivity index (χ3v) is 14.0. The van der Waals surface area contributed by atoms with E-state index < -0.39 is 24.1 Å². The number of esters is 2. The standard InChI is InChI=1S/C65H104O8/c1-8-10-12-14-16-18-20-22-24-26-28-30-32-34-36-40-46-68-49-56(72-64(66)53(3)4)51-70-62-58-42-38-39-43-59(58)63(61-48-55(7)44-45-60(61)62)71-52-57(73-65(67)54(5)6)50-69-47-41-37-35-33-31-29-27-25-23-21-19-17-15-13-11-9-2/h38-39,42-45,48,56-57H,3,5,8-37,40-41,46-47,49-52H2,1-2,4,6-7H3. The minimum atomic E-state index is -0.636. The van der Waals surface area contributed by atoms with E-state index in [0.29, 0.717) is 35.9 Å². The number of carbonyl (C=O) groups is 2. The molecule has 3 rings (SSSR count). The number of hydrogen-bond acceptors (Lipinski definition) is 8. The van der Waals surface area contributed by atoms with Crippen LogP contribution in [-0.4, -0.2) is 63.8 Å². The number of benzene rings is 3. The van der Waals surface area contributed by atoms with Crippen molar-refractivity contribution in [1.82, 2.24) is 0 Å². The molecule has 0 saturated heterocycles. The molecule has 2 unspecified atom stereocenters. The van der Waals surface area contributed by atoms with Gasteiger partial charge in [-0.25, -0.2) is 9.59 Å². The summed E-state index contributed by atoms with van der Waals surface area (Å²) in [5, 5.41) is 3.42. The molecule has 0 aliphatic rings. The number of rotatable bonds is 48. The fraction of sp³-hybridized carbons (Fsp3) is 0.692. The average molecular weight is 1010 g/mol. The fourth-order valence-corrected chi connectivity index (χ4v) is 9.55. The van der Waals surface area contributed by atoms with E-state index in [4.69, 9.17) is 28.4 Å². The van der Waals surface area contributed by atoms with Crippen molar-refractivity contribution in [3.05, 3.63) is 72.3 Å². The lowest BCUT2D eigenvalue weighted by atomic mass is 9.99. The van der Waals surface area contributed by atoms with Crippen molar-refractivity contribution in [2.75, 3.05) is 39.6 Å². The second kappa shape index (κ2) is 41.4. The van der Waals surface area contributed by atoms with Gasteiger partial charge in [0.2, 0.25) is 0 Å². The first-order valence-electron chi connectivity index (χ1n) is 29.7. The Hall–Kier alpha value is -3.88. The van der Waals surface area contributed by atoms with Gasteiger partial charge in [-0.1, -0.05) is 262 Å². The maximum Gasteiger partial charge on any atom is 0.333 e. The van der Waals surface area contributed by atoms with Crippen molar-refractivity contribution >= 4 is 33.5 Å². The monoisotopic (exact) mass is 1010 g/mol. The van der Waals surface area contributed by atoms with Crippen molar-refractivity contribution in [3.63, 3.8) is 0 Å². The summed E-state index contributed by atoms with van der Waals surface area (Å²) in [7, 11) is 0. The molecule has 8 nitrogen and oxygen atoms in total. The number of aryl methyl sites for hydroxylation is 1. The molecule has 0 aliphatic heterocycles. The molecule has 0 aliphatic carbocycles. The Labute approximate surface area is 445 Å². The summed E-state index contributed by atoms with van der Waals surface area (Å²) >= 11 is 0. The Kier molecular flexibility index (Phi) is 35.9. The Morgan fingerprint density at radius 1 is 0.411 bits per heavy atom. The third-order valence-electron chi connectivity index (χ3n) is 14.0. The fourth-order valence-electron chi connectivity index (χ4n) is 9.55. The van der Waals surface area contributed by atoms with Gasteiger partial charge in [0.25, 0.3) is 0 Å². The van der Waals surface area contributed by atoms with Crippen molar-refractivity contribution in [1.29, 1.82) is 0 Å². The van der Waals surface area contributed by atoms with Crippen LogP contribution in [0.4, 0.5) is 0 Å². The maximum atomic E-state index is 12.8. The van der Waals surface area contributed by atoms with Gasteiger partial charge in [-0.05, 0) is 39.7 Å². The second-order valence-electron chi connectivity index (χ2n) is 21.2. The van der Waals surface area contributed by atoms with E-state index in [1.807, 2.05) is 37.3 Å². The number of ether oxygens (including phenoxy) is 6. The first-order valence-corrected chi connectivity index (χ1v) is 29.7. The van der Waals surface area contributed by atoms with Gasteiger partial charge in [0, 0.05) is 45.9 Å². The molecule has 3 aromatic carbocycles. The maximum absolute atomic E-state index is 12.8. The highest BCUT2D eigenvalue weighted by Crippen LogP contribution is 2.43. The molecule has 0 bridgehead atoms. The third kappa shape index (κ3) is 28.6. The molecule has 3 aromatic rings. The average Bonchev–Trinajstić information content (AvgIpc) is 3.38. The van der Waals surface area contributed by atoms with Gasteiger partial charge in [0.15, 0.2) is 12.2 Å². The summed E-state index contributed by atoms with van der Waals surface area (Å²) in [6.07, 6.45) is 40.9. The molecule has 0 saturated carbocycles. The molecule has 2 atom stereocenters. The van der Waals surface area contributed by atoms with Crippen LogP contribution in [0.5, 0.6) is 11.5 Å². The molecular formula is C65H104O8. The van der Waals surface area contributed by atoms with Crippen LogP contribution in [0.1, 0.15) is 239 Å². The van der Waals surface area contributed by atoms with Crippen LogP contribution in [0.3, 0.4) is 0 Å². The number of carbonyl (C=O) groups excluding carboxylic acids is 2. The van der Waals surface area contributed by atoms with Crippen molar-refractivity contribution in [2.45, 2.75) is 252 Å². The molecule has 0 N–H and O–H groups in total. The van der Waals surface area contributed by atoms with Crippen LogP contribution in [0, 0.1) is 6.92 Å². The second-order valence-corrected chi connectivity index (χ2v) is 21.2. The molecule has 0 fully saturated rings. The van der Waals surface area contributed by atoms with E-state index in [0.717, 1.165) is 52.8 Å². The summed E-state index contributed by atoms with van der Waals surface area (Å²) in [5.74, 6) is 0.400. The van der Waals surface area contributed by atoms with E-state index in [2.05, 4.69) is 39.1 Å². The zero-order valence-electron chi connectivity index (χ0n) is 47.2. The number of hydrogen-bond donors (Lipinski definition) is 0. The van der Waals surface area contributed by atoms with Gasteiger partial charge in [-0.3, -0.25) is 0 Å². The molecule has 0 amide bonds.